The van der Waals surface area contributed by atoms with Crippen LogP contribution in [-0.2, 0) is 23.8 Å². The van der Waals surface area contributed by atoms with Crippen LogP contribution in [0.25, 0.3) is 0 Å². The van der Waals surface area contributed by atoms with E-state index in [4.69, 9.17) is 0 Å². The Kier molecular flexibility index (Phi) is 6.43. The Balaban J connectivity index is 1.62. The van der Waals surface area contributed by atoms with Crippen molar-refractivity contribution in [1.82, 2.24) is 30.1 Å². The number of benzene rings is 1. The first-order valence-corrected chi connectivity index (χ1v) is 11.7. The largest absolute Gasteiger partial charge is 0.303 e. The van der Waals surface area contributed by atoms with Crippen molar-refractivity contribution in [2.75, 3.05) is 24.5 Å². The molecule has 0 atom stereocenters. The quantitative estimate of drug-likeness (QED) is 0.563. The number of nitrogens with zero attached hydrogens (tertiary/aromatic N) is 7. The first kappa shape index (κ1) is 21.6. The molecule has 1 amide bonds. The SMILES string of the molecule is CCC(=O)N(c1ccccc1)C1(c2nnnn2C)CCN(CCc2scnc2C)CC1. The van der Waals surface area contributed by atoms with Crippen molar-refractivity contribution >= 4 is 22.9 Å². The summed E-state index contributed by atoms with van der Waals surface area (Å²) >= 11 is 1.73. The molecule has 1 saturated heterocycles. The van der Waals surface area contributed by atoms with Crippen LogP contribution in [0.2, 0.25) is 0 Å². The predicted molar refractivity (Wildman–Crippen MR) is 121 cm³/mol. The number of carbonyl (C=O) groups is 1. The van der Waals surface area contributed by atoms with Crippen molar-refractivity contribution < 1.29 is 4.79 Å². The molecule has 3 heterocycles. The molecule has 0 bridgehead atoms. The summed E-state index contributed by atoms with van der Waals surface area (Å²) in [6.45, 7) is 6.73. The highest BCUT2D eigenvalue weighted by Gasteiger charge is 2.47. The molecule has 0 spiro atoms. The lowest BCUT2D eigenvalue weighted by atomic mass is 9.83. The molecular weight excluding hydrogens is 410 g/mol. The van der Waals surface area contributed by atoms with Crippen molar-refractivity contribution in [3.8, 4) is 0 Å². The van der Waals surface area contributed by atoms with Gasteiger partial charge in [0.25, 0.3) is 0 Å². The van der Waals surface area contributed by atoms with E-state index in [0.29, 0.717) is 6.42 Å². The van der Waals surface area contributed by atoms with Gasteiger partial charge < -0.3 is 4.90 Å². The minimum atomic E-state index is -0.566. The first-order chi connectivity index (χ1) is 15.0. The molecule has 9 heteroatoms. The molecule has 0 saturated carbocycles. The summed E-state index contributed by atoms with van der Waals surface area (Å²) in [5.74, 6) is 0.832. The summed E-state index contributed by atoms with van der Waals surface area (Å²) in [6.07, 6.45) is 2.99. The smallest absolute Gasteiger partial charge is 0.227 e. The van der Waals surface area contributed by atoms with E-state index in [1.54, 1.807) is 16.0 Å². The van der Waals surface area contributed by atoms with E-state index in [1.165, 1.54) is 4.88 Å². The zero-order valence-electron chi connectivity index (χ0n) is 18.4. The summed E-state index contributed by atoms with van der Waals surface area (Å²) in [5, 5.41) is 12.4. The third-order valence-electron chi connectivity index (χ3n) is 6.21. The number of likely N-dealkylation sites (tertiary alicyclic amines) is 1. The molecule has 1 aliphatic rings. The van der Waals surface area contributed by atoms with Crippen LogP contribution in [0.3, 0.4) is 0 Å². The second-order valence-corrected chi connectivity index (χ2v) is 8.97. The van der Waals surface area contributed by atoms with Gasteiger partial charge in [-0.05, 0) is 48.7 Å². The van der Waals surface area contributed by atoms with Gasteiger partial charge in [0.1, 0.15) is 5.54 Å². The van der Waals surface area contributed by atoms with Gasteiger partial charge in [0.05, 0.1) is 11.2 Å². The Labute approximate surface area is 186 Å². The maximum Gasteiger partial charge on any atom is 0.227 e. The summed E-state index contributed by atoms with van der Waals surface area (Å²) in [7, 11) is 1.86. The number of anilines is 1. The van der Waals surface area contributed by atoms with Crippen molar-refractivity contribution in [3.63, 3.8) is 0 Å². The van der Waals surface area contributed by atoms with Gasteiger partial charge in [-0.1, -0.05) is 25.1 Å². The van der Waals surface area contributed by atoms with Crippen molar-refractivity contribution in [2.24, 2.45) is 7.05 Å². The number of hydrogen-bond acceptors (Lipinski definition) is 7. The number of tetrazole rings is 1. The Morgan fingerprint density at radius 3 is 2.55 bits per heavy atom. The molecule has 0 aliphatic carbocycles. The lowest BCUT2D eigenvalue weighted by molar-refractivity contribution is -0.120. The average Bonchev–Trinajstić information content (AvgIpc) is 3.42. The number of hydrogen-bond donors (Lipinski definition) is 0. The number of thiazole rings is 1. The fraction of sp³-hybridized carbons (Fsp3) is 0.500. The molecular formula is C22H29N7OS. The van der Waals surface area contributed by atoms with Crippen LogP contribution in [0, 0.1) is 6.92 Å². The number of rotatable bonds is 7. The van der Waals surface area contributed by atoms with Crippen molar-refractivity contribution in [3.05, 3.63) is 52.2 Å². The Morgan fingerprint density at radius 1 is 1.23 bits per heavy atom. The van der Waals surface area contributed by atoms with Crippen molar-refractivity contribution in [1.29, 1.82) is 0 Å². The topological polar surface area (TPSA) is 80.0 Å². The molecule has 164 valence electrons. The molecule has 0 radical (unpaired) electrons. The van der Waals surface area contributed by atoms with E-state index < -0.39 is 5.54 Å². The van der Waals surface area contributed by atoms with Gasteiger partial charge in [0, 0.05) is 43.7 Å². The summed E-state index contributed by atoms with van der Waals surface area (Å²) in [4.78, 5) is 23.4. The van der Waals surface area contributed by atoms with E-state index >= 15 is 0 Å². The number of para-hydroxylation sites is 1. The van der Waals surface area contributed by atoms with E-state index in [9.17, 15) is 4.79 Å². The standard InChI is InChI=1S/C22H29N7OS/c1-4-20(30)29(18-8-6-5-7-9-18)22(21-24-25-26-27(21)3)11-14-28(15-12-22)13-10-19-17(2)23-16-31-19/h5-9,16H,4,10-15H2,1-3H3. The molecule has 8 nitrogen and oxygen atoms in total. The molecule has 3 aromatic rings. The predicted octanol–water partition coefficient (Wildman–Crippen LogP) is 2.95. The minimum Gasteiger partial charge on any atom is -0.303 e. The zero-order chi connectivity index (χ0) is 21.8. The van der Waals surface area contributed by atoms with Crippen LogP contribution in [-0.4, -0.2) is 55.6 Å². The number of aryl methyl sites for hydroxylation is 2. The summed E-state index contributed by atoms with van der Waals surface area (Å²) in [6, 6.07) is 9.91. The van der Waals surface area contributed by atoms with Crippen LogP contribution in [0.5, 0.6) is 0 Å². The maximum atomic E-state index is 13.3. The number of amides is 1. The van der Waals surface area contributed by atoms with Crippen LogP contribution in [0.15, 0.2) is 35.8 Å². The monoisotopic (exact) mass is 439 g/mol. The third-order valence-corrected chi connectivity index (χ3v) is 7.21. The molecule has 0 N–H and O–H groups in total. The lowest BCUT2D eigenvalue weighted by Crippen LogP contribution is -2.57. The Bertz CT molecular complexity index is 1010. The van der Waals surface area contributed by atoms with Crippen LogP contribution < -0.4 is 4.90 Å². The first-order valence-electron chi connectivity index (χ1n) is 10.8. The summed E-state index contributed by atoms with van der Waals surface area (Å²) < 4.78 is 1.72. The third kappa shape index (κ3) is 4.24. The second kappa shape index (κ2) is 9.23. The van der Waals surface area contributed by atoms with E-state index in [1.807, 2.05) is 54.7 Å². The molecule has 31 heavy (non-hydrogen) atoms. The van der Waals surface area contributed by atoms with Gasteiger partial charge >= 0.3 is 0 Å². The van der Waals surface area contributed by atoms with Gasteiger partial charge in [-0.3, -0.25) is 9.69 Å². The van der Waals surface area contributed by atoms with Gasteiger partial charge in [-0.15, -0.1) is 16.4 Å². The normalized spacial score (nSPS) is 16.4. The number of carbonyl (C=O) groups excluding carboxylic acids is 1. The second-order valence-electron chi connectivity index (χ2n) is 8.03. The van der Waals surface area contributed by atoms with E-state index in [2.05, 4.69) is 32.3 Å². The van der Waals surface area contributed by atoms with E-state index in [0.717, 1.165) is 56.1 Å². The highest BCUT2D eigenvalue weighted by molar-refractivity contribution is 7.09. The van der Waals surface area contributed by atoms with Crippen LogP contribution in [0.4, 0.5) is 5.69 Å². The molecule has 1 aromatic carbocycles. The summed E-state index contributed by atoms with van der Waals surface area (Å²) in [5.41, 5.74) is 3.38. The fourth-order valence-corrected chi connectivity index (χ4v) is 5.28. The van der Waals surface area contributed by atoms with Gasteiger partial charge in [0.2, 0.25) is 5.91 Å². The molecule has 2 aromatic heterocycles. The molecule has 1 aliphatic heterocycles. The molecule has 0 unspecified atom stereocenters. The van der Waals surface area contributed by atoms with Gasteiger partial charge in [-0.25, -0.2) is 9.67 Å². The van der Waals surface area contributed by atoms with Crippen molar-refractivity contribution in [2.45, 2.75) is 45.1 Å². The number of aromatic nitrogens is 5. The molecule has 1 fully saturated rings. The highest BCUT2D eigenvalue weighted by atomic mass is 32.1. The van der Waals surface area contributed by atoms with Crippen LogP contribution in [0.1, 0.15) is 42.6 Å². The average molecular weight is 440 g/mol. The Morgan fingerprint density at radius 2 is 1.97 bits per heavy atom. The highest BCUT2D eigenvalue weighted by Crippen LogP contribution is 2.41. The fourth-order valence-electron chi connectivity index (χ4n) is 4.51. The van der Waals surface area contributed by atoms with Gasteiger partial charge in [0.15, 0.2) is 5.82 Å². The minimum absolute atomic E-state index is 0.0861. The zero-order valence-corrected chi connectivity index (χ0v) is 19.2. The van der Waals surface area contributed by atoms with Gasteiger partial charge in [-0.2, -0.15) is 0 Å². The Hall–Kier alpha value is -2.65. The molecule has 4 rings (SSSR count). The van der Waals surface area contributed by atoms with Crippen LogP contribution >= 0.6 is 11.3 Å². The maximum absolute atomic E-state index is 13.3. The van der Waals surface area contributed by atoms with E-state index in [-0.39, 0.29) is 5.91 Å². The lowest BCUT2D eigenvalue weighted by Gasteiger charge is -2.47. The number of piperidine rings is 1.